The lowest BCUT2D eigenvalue weighted by Crippen LogP contribution is -2.32. The van der Waals surface area contributed by atoms with Gasteiger partial charge in [0.25, 0.3) is 0 Å². The number of piperidine rings is 2. The zero-order valence-electron chi connectivity index (χ0n) is 15.5. The third-order valence-corrected chi connectivity index (χ3v) is 6.14. The van der Waals surface area contributed by atoms with Gasteiger partial charge in [-0.1, -0.05) is 0 Å². The van der Waals surface area contributed by atoms with E-state index >= 15 is 0 Å². The number of hydrogen-bond donors (Lipinski definition) is 0. The molecule has 0 amide bonds. The van der Waals surface area contributed by atoms with Crippen molar-refractivity contribution >= 4 is 34.1 Å². The average molecular weight is 364 g/mol. The number of hydrogen-bond acceptors (Lipinski definition) is 5. The number of rotatable bonds is 2. The van der Waals surface area contributed by atoms with Gasteiger partial charge in [-0.05, 0) is 62.8 Å². The summed E-state index contributed by atoms with van der Waals surface area (Å²) >= 11 is 0. The zero-order valence-corrected chi connectivity index (χ0v) is 15.5. The highest BCUT2D eigenvalue weighted by atomic mass is 16.6. The predicted octanol–water partition coefficient (Wildman–Crippen LogP) is 4.13. The Kier molecular flexibility index (Phi) is 4.03. The van der Waals surface area contributed by atoms with Crippen LogP contribution in [0.2, 0.25) is 0 Å². The highest BCUT2D eigenvalue weighted by molar-refractivity contribution is 6.25. The van der Waals surface area contributed by atoms with E-state index in [9.17, 15) is 9.59 Å². The van der Waals surface area contributed by atoms with Gasteiger partial charge in [0, 0.05) is 48.3 Å². The molecule has 2 fully saturated rings. The van der Waals surface area contributed by atoms with Gasteiger partial charge in [-0.15, -0.1) is 0 Å². The van der Waals surface area contributed by atoms with E-state index in [1.54, 1.807) is 0 Å². The Bertz CT molecular complexity index is 854. The van der Waals surface area contributed by atoms with Gasteiger partial charge >= 0.3 is 11.9 Å². The number of cyclic esters (lactones) is 2. The number of carbonyl (C=O) groups is 2. The van der Waals surface area contributed by atoms with Crippen molar-refractivity contribution in [3.8, 4) is 0 Å². The van der Waals surface area contributed by atoms with Crippen molar-refractivity contribution in [3.05, 3.63) is 35.4 Å². The molecule has 5 heteroatoms. The molecular formula is C22H24N2O3. The van der Waals surface area contributed by atoms with Crippen LogP contribution in [0.25, 0.3) is 10.8 Å². The van der Waals surface area contributed by atoms with Crippen LogP contribution in [0.3, 0.4) is 0 Å². The second kappa shape index (κ2) is 6.55. The Morgan fingerprint density at radius 3 is 1.48 bits per heavy atom. The van der Waals surface area contributed by atoms with E-state index in [1.807, 2.05) is 12.1 Å². The second-order valence-corrected chi connectivity index (χ2v) is 7.79. The van der Waals surface area contributed by atoms with Crippen molar-refractivity contribution in [2.45, 2.75) is 38.5 Å². The normalized spacial score (nSPS) is 20.1. The predicted molar refractivity (Wildman–Crippen MR) is 106 cm³/mol. The molecule has 2 saturated heterocycles. The maximum Gasteiger partial charge on any atom is 0.346 e. The first-order valence-corrected chi connectivity index (χ1v) is 10.1. The molecule has 2 aromatic rings. The van der Waals surface area contributed by atoms with E-state index in [2.05, 4.69) is 21.9 Å². The Morgan fingerprint density at radius 1 is 0.593 bits per heavy atom. The molecule has 0 radical (unpaired) electrons. The van der Waals surface area contributed by atoms with Gasteiger partial charge in [-0.2, -0.15) is 0 Å². The molecule has 0 atom stereocenters. The Labute approximate surface area is 158 Å². The molecule has 3 aliphatic rings. The maximum atomic E-state index is 12.4. The maximum absolute atomic E-state index is 12.4. The number of anilines is 2. The molecule has 0 N–H and O–H groups in total. The van der Waals surface area contributed by atoms with Crippen molar-refractivity contribution in [2.75, 3.05) is 36.0 Å². The lowest BCUT2D eigenvalue weighted by molar-refractivity contribution is 0.0391. The first kappa shape index (κ1) is 16.6. The van der Waals surface area contributed by atoms with Gasteiger partial charge in [0.05, 0.1) is 11.1 Å². The number of benzene rings is 2. The van der Waals surface area contributed by atoms with Gasteiger partial charge < -0.3 is 14.5 Å². The molecule has 0 spiro atoms. The molecular weight excluding hydrogens is 340 g/mol. The van der Waals surface area contributed by atoms with Gasteiger partial charge in [-0.3, -0.25) is 0 Å². The van der Waals surface area contributed by atoms with Crippen molar-refractivity contribution in [3.63, 3.8) is 0 Å². The monoisotopic (exact) mass is 364 g/mol. The van der Waals surface area contributed by atoms with Crippen molar-refractivity contribution in [1.29, 1.82) is 0 Å². The summed E-state index contributed by atoms with van der Waals surface area (Å²) < 4.78 is 4.97. The second-order valence-electron chi connectivity index (χ2n) is 7.79. The van der Waals surface area contributed by atoms with Gasteiger partial charge in [0.2, 0.25) is 0 Å². The summed E-state index contributed by atoms with van der Waals surface area (Å²) in [6, 6.07) is 7.78. The Hall–Kier alpha value is -2.56. The summed E-state index contributed by atoms with van der Waals surface area (Å²) in [6.45, 7) is 4.10. The third-order valence-electron chi connectivity index (χ3n) is 6.14. The fourth-order valence-electron chi connectivity index (χ4n) is 4.79. The number of nitrogens with zero attached hydrogens (tertiary/aromatic N) is 2. The average Bonchev–Trinajstić information content (AvgIpc) is 2.72. The summed E-state index contributed by atoms with van der Waals surface area (Å²) in [4.78, 5) is 29.6. The van der Waals surface area contributed by atoms with Crippen LogP contribution in [0, 0.1) is 0 Å². The van der Waals surface area contributed by atoms with E-state index in [0.29, 0.717) is 11.1 Å². The molecule has 0 aliphatic carbocycles. The minimum atomic E-state index is -0.529. The molecule has 3 aliphatic heterocycles. The van der Waals surface area contributed by atoms with Crippen LogP contribution >= 0.6 is 0 Å². The first-order valence-electron chi connectivity index (χ1n) is 10.1. The van der Waals surface area contributed by atoms with E-state index in [4.69, 9.17) is 4.74 Å². The highest BCUT2D eigenvalue weighted by Gasteiger charge is 2.31. The Morgan fingerprint density at radius 2 is 1.04 bits per heavy atom. The van der Waals surface area contributed by atoms with Crippen LogP contribution in [0.15, 0.2) is 24.3 Å². The van der Waals surface area contributed by atoms with Crippen LogP contribution in [0.1, 0.15) is 59.2 Å². The quantitative estimate of drug-likeness (QED) is 0.592. The Balaban J connectivity index is 1.78. The third kappa shape index (κ3) is 2.68. The van der Waals surface area contributed by atoms with Crippen molar-refractivity contribution in [2.24, 2.45) is 0 Å². The van der Waals surface area contributed by atoms with Crippen LogP contribution in [0.5, 0.6) is 0 Å². The molecule has 5 rings (SSSR count). The van der Waals surface area contributed by atoms with Crippen LogP contribution in [0.4, 0.5) is 11.4 Å². The minimum absolute atomic E-state index is 0.513. The summed E-state index contributed by atoms with van der Waals surface area (Å²) in [5, 5.41) is 1.83. The fourth-order valence-corrected chi connectivity index (χ4v) is 4.79. The van der Waals surface area contributed by atoms with E-state index in [0.717, 1.165) is 48.3 Å². The lowest BCUT2D eigenvalue weighted by Gasteiger charge is -2.35. The van der Waals surface area contributed by atoms with Crippen LogP contribution < -0.4 is 9.80 Å². The summed E-state index contributed by atoms with van der Waals surface area (Å²) in [5.74, 6) is -1.06. The van der Waals surface area contributed by atoms with Gasteiger partial charge in [-0.25, -0.2) is 9.59 Å². The highest BCUT2D eigenvalue weighted by Crippen LogP contribution is 2.42. The fraction of sp³-hybridized carbons (Fsp3) is 0.455. The van der Waals surface area contributed by atoms with E-state index in [1.165, 1.54) is 38.5 Å². The molecule has 2 aromatic carbocycles. The van der Waals surface area contributed by atoms with Gasteiger partial charge in [0.15, 0.2) is 0 Å². The zero-order chi connectivity index (χ0) is 18.4. The standard InChI is InChI=1S/C22H24N2O3/c25-21-15-7-9-17(23-11-3-1-4-12-23)20-18(24-13-5-2-6-14-24)10-8-16(19(15)20)22(26)27-21/h7-10H,1-6,11-14H2. The van der Waals surface area contributed by atoms with Crippen LogP contribution in [-0.2, 0) is 4.74 Å². The largest absolute Gasteiger partial charge is 0.386 e. The lowest BCUT2D eigenvalue weighted by atomic mass is 9.92. The molecule has 0 saturated carbocycles. The van der Waals surface area contributed by atoms with Gasteiger partial charge in [0.1, 0.15) is 0 Å². The topological polar surface area (TPSA) is 49.9 Å². The number of carbonyl (C=O) groups excluding carboxylic acids is 2. The summed E-state index contributed by atoms with van der Waals surface area (Å²) in [5.41, 5.74) is 3.33. The number of ether oxygens (including phenoxy) is 1. The molecule has 0 aromatic heterocycles. The number of esters is 2. The van der Waals surface area contributed by atoms with Crippen molar-refractivity contribution in [1.82, 2.24) is 0 Å². The smallest absolute Gasteiger partial charge is 0.346 e. The molecule has 0 bridgehead atoms. The molecule has 140 valence electrons. The SMILES string of the molecule is O=C1OC(=O)c2ccc(N3CCCCC3)c3c(N4CCCCC4)ccc1c23. The molecule has 0 unspecified atom stereocenters. The summed E-state index contributed by atoms with van der Waals surface area (Å²) in [7, 11) is 0. The molecule has 5 nitrogen and oxygen atoms in total. The van der Waals surface area contributed by atoms with Crippen molar-refractivity contribution < 1.29 is 14.3 Å². The molecule has 27 heavy (non-hydrogen) atoms. The van der Waals surface area contributed by atoms with E-state index < -0.39 is 11.9 Å². The van der Waals surface area contributed by atoms with E-state index in [-0.39, 0.29) is 0 Å². The molecule has 3 heterocycles. The minimum Gasteiger partial charge on any atom is -0.386 e. The van der Waals surface area contributed by atoms with Crippen LogP contribution in [-0.4, -0.2) is 38.1 Å². The first-order chi connectivity index (χ1) is 13.2. The summed E-state index contributed by atoms with van der Waals surface area (Å²) in [6.07, 6.45) is 7.26.